The Morgan fingerprint density at radius 1 is 1.21 bits per heavy atom. The molecule has 2 heterocycles. The van der Waals surface area contributed by atoms with Crippen LogP contribution in [0, 0.1) is 19.7 Å². The van der Waals surface area contributed by atoms with Crippen molar-refractivity contribution < 1.29 is 9.18 Å². The standard InChI is InChI=1S/C15H13FN2O/c1-8-5-9(2)17-13(8)7-12-11-4-3-10(16)6-14(11)18-15(12)19/h3-7,17H,1-2H3,(H,18,19)/b12-7-. The highest BCUT2D eigenvalue weighted by atomic mass is 19.1. The molecule has 0 spiro atoms. The van der Waals surface area contributed by atoms with E-state index in [4.69, 9.17) is 0 Å². The summed E-state index contributed by atoms with van der Waals surface area (Å²) in [6.45, 7) is 3.95. The highest BCUT2D eigenvalue weighted by Gasteiger charge is 2.24. The smallest absolute Gasteiger partial charge is 0.256 e. The first-order chi connectivity index (χ1) is 9.04. The molecular formula is C15H13FN2O. The van der Waals surface area contributed by atoms with Crippen LogP contribution < -0.4 is 5.32 Å². The molecule has 1 aliphatic heterocycles. The summed E-state index contributed by atoms with van der Waals surface area (Å²) in [4.78, 5) is 15.2. The molecule has 0 saturated carbocycles. The lowest BCUT2D eigenvalue weighted by Gasteiger charge is -1.98. The minimum Gasteiger partial charge on any atom is -0.359 e. The number of fused-ring (bicyclic) bond motifs is 1. The van der Waals surface area contributed by atoms with Crippen LogP contribution in [0.1, 0.15) is 22.5 Å². The second-order valence-corrected chi connectivity index (χ2v) is 4.75. The molecule has 0 unspecified atom stereocenters. The summed E-state index contributed by atoms with van der Waals surface area (Å²) < 4.78 is 13.1. The SMILES string of the molecule is Cc1cc(C)c(/C=C2\C(=O)Nc3cc(F)ccc32)[nH]1. The molecule has 19 heavy (non-hydrogen) atoms. The van der Waals surface area contributed by atoms with Gasteiger partial charge in [0, 0.05) is 17.0 Å². The molecule has 96 valence electrons. The second kappa shape index (κ2) is 4.09. The maximum Gasteiger partial charge on any atom is 0.256 e. The summed E-state index contributed by atoms with van der Waals surface area (Å²) >= 11 is 0. The lowest BCUT2D eigenvalue weighted by Crippen LogP contribution is -2.03. The van der Waals surface area contributed by atoms with Crippen molar-refractivity contribution in [2.75, 3.05) is 5.32 Å². The van der Waals surface area contributed by atoms with Crippen LogP contribution in [0.3, 0.4) is 0 Å². The van der Waals surface area contributed by atoms with Gasteiger partial charge in [-0.05, 0) is 49.8 Å². The Balaban J connectivity index is 2.12. The van der Waals surface area contributed by atoms with Crippen LogP contribution in [-0.4, -0.2) is 10.9 Å². The summed E-state index contributed by atoms with van der Waals surface area (Å²) in [5.74, 6) is -0.556. The third-order valence-corrected chi connectivity index (χ3v) is 3.24. The fourth-order valence-corrected chi connectivity index (χ4v) is 2.35. The molecule has 4 heteroatoms. The predicted molar refractivity (Wildman–Crippen MR) is 73.2 cm³/mol. The molecule has 0 radical (unpaired) electrons. The van der Waals surface area contributed by atoms with Gasteiger partial charge >= 0.3 is 0 Å². The van der Waals surface area contributed by atoms with Crippen LogP contribution in [0.25, 0.3) is 11.6 Å². The van der Waals surface area contributed by atoms with Crippen LogP contribution >= 0.6 is 0 Å². The van der Waals surface area contributed by atoms with Crippen molar-refractivity contribution in [2.45, 2.75) is 13.8 Å². The third-order valence-electron chi connectivity index (χ3n) is 3.24. The molecule has 1 aliphatic rings. The van der Waals surface area contributed by atoms with Crippen molar-refractivity contribution in [3.8, 4) is 0 Å². The van der Waals surface area contributed by atoms with Gasteiger partial charge in [-0.3, -0.25) is 4.79 Å². The first-order valence-electron chi connectivity index (χ1n) is 6.04. The number of aromatic nitrogens is 1. The Morgan fingerprint density at radius 2 is 2.00 bits per heavy atom. The third kappa shape index (κ3) is 1.95. The maximum atomic E-state index is 13.1. The highest BCUT2D eigenvalue weighted by Crippen LogP contribution is 2.33. The van der Waals surface area contributed by atoms with Gasteiger partial charge in [-0.25, -0.2) is 4.39 Å². The molecule has 3 rings (SSSR count). The molecule has 2 N–H and O–H groups in total. The van der Waals surface area contributed by atoms with Crippen LogP contribution in [0.15, 0.2) is 24.3 Å². The number of aryl methyl sites for hydroxylation is 2. The zero-order valence-corrected chi connectivity index (χ0v) is 10.7. The summed E-state index contributed by atoms with van der Waals surface area (Å²) in [7, 11) is 0. The lowest BCUT2D eigenvalue weighted by molar-refractivity contribution is -0.110. The van der Waals surface area contributed by atoms with Gasteiger partial charge in [0.1, 0.15) is 5.82 Å². The number of carbonyl (C=O) groups excluding carboxylic acids is 1. The van der Waals surface area contributed by atoms with Crippen molar-refractivity contribution in [1.82, 2.24) is 4.98 Å². The average Bonchev–Trinajstić information content (AvgIpc) is 2.80. The number of anilines is 1. The predicted octanol–water partition coefficient (Wildman–Crippen LogP) is 3.26. The molecule has 0 bridgehead atoms. The monoisotopic (exact) mass is 256 g/mol. The molecule has 0 saturated heterocycles. The number of carbonyl (C=O) groups is 1. The number of aromatic amines is 1. The van der Waals surface area contributed by atoms with Gasteiger partial charge in [-0.2, -0.15) is 0 Å². The Hall–Kier alpha value is -2.36. The molecule has 1 amide bonds. The van der Waals surface area contributed by atoms with E-state index in [1.54, 1.807) is 12.1 Å². The van der Waals surface area contributed by atoms with Gasteiger partial charge < -0.3 is 10.3 Å². The van der Waals surface area contributed by atoms with Crippen molar-refractivity contribution in [3.05, 3.63) is 52.6 Å². The molecule has 2 aromatic rings. The normalized spacial score (nSPS) is 15.7. The topological polar surface area (TPSA) is 44.9 Å². The minimum absolute atomic E-state index is 0.202. The van der Waals surface area contributed by atoms with Crippen molar-refractivity contribution in [1.29, 1.82) is 0 Å². The van der Waals surface area contributed by atoms with E-state index in [1.165, 1.54) is 12.1 Å². The Morgan fingerprint density at radius 3 is 2.68 bits per heavy atom. The number of halogens is 1. The molecule has 1 aromatic heterocycles. The van der Waals surface area contributed by atoms with E-state index in [9.17, 15) is 9.18 Å². The number of H-pyrrole nitrogens is 1. The van der Waals surface area contributed by atoms with Gasteiger partial charge in [0.25, 0.3) is 5.91 Å². The summed E-state index contributed by atoms with van der Waals surface area (Å²) in [6, 6.07) is 6.34. The van der Waals surface area contributed by atoms with Gasteiger partial charge in [-0.1, -0.05) is 0 Å². The first-order valence-corrected chi connectivity index (χ1v) is 6.04. The van der Waals surface area contributed by atoms with Crippen molar-refractivity contribution >= 4 is 23.2 Å². The highest BCUT2D eigenvalue weighted by molar-refractivity contribution is 6.34. The number of rotatable bonds is 1. The van der Waals surface area contributed by atoms with E-state index in [1.807, 2.05) is 19.9 Å². The molecule has 3 nitrogen and oxygen atoms in total. The van der Waals surface area contributed by atoms with Crippen molar-refractivity contribution in [3.63, 3.8) is 0 Å². The molecule has 1 aromatic carbocycles. The quantitative estimate of drug-likeness (QED) is 0.756. The van der Waals surface area contributed by atoms with E-state index in [0.29, 0.717) is 11.3 Å². The Kier molecular flexibility index (Phi) is 2.52. The van der Waals surface area contributed by atoms with Gasteiger partial charge in [-0.15, -0.1) is 0 Å². The van der Waals surface area contributed by atoms with Crippen molar-refractivity contribution in [2.24, 2.45) is 0 Å². The zero-order valence-electron chi connectivity index (χ0n) is 10.7. The zero-order chi connectivity index (χ0) is 13.6. The van der Waals surface area contributed by atoms with Crippen LogP contribution in [0.2, 0.25) is 0 Å². The summed E-state index contributed by atoms with van der Waals surface area (Å²) in [5, 5.41) is 2.67. The Labute approximate surface area is 110 Å². The Bertz CT molecular complexity index is 713. The molecule has 0 fully saturated rings. The largest absolute Gasteiger partial charge is 0.359 e. The van der Waals surface area contributed by atoms with E-state index in [2.05, 4.69) is 10.3 Å². The second-order valence-electron chi connectivity index (χ2n) is 4.75. The summed E-state index contributed by atoms with van der Waals surface area (Å²) in [6.07, 6.45) is 1.81. The minimum atomic E-state index is -0.354. The van der Waals surface area contributed by atoms with E-state index in [-0.39, 0.29) is 11.7 Å². The molecule has 0 aliphatic carbocycles. The van der Waals surface area contributed by atoms with Gasteiger partial charge in [0.15, 0.2) is 0 Å². The average molecular weight is 256 g/mol. The van der Waals surface area contributed by atoms with Gasteiger partial charge in [0.05, 0.1) is 11.3 Å². The van der Waals surface area contributed by atoms with E-state index >= 15 is 0 Å². The summed E-state index contributed by atoms with van der Waals surface area (Å²) in [5.41, 5.74) is 4.84. The lowest BCUT2D eigenvalue weighted by atomic mass is 10.1. The van der Waals surface area contributed by atoms with Crippen LogP contribution in [0.4, 0.5) is 10.1 Å². The molecular weight excluding hydrogens is 243 g/mol. The van der Waals surface area contributed by atoms with E-state index < -0.39 is 0 Å². The van der Waals surface area contributed by atoms with Crippen LogP contribution in [-0.2, 0) is 4.79 Å². The number of benzene rings is 1. The number of hydrogen-bond donors (Lipinski definition) is 2. The maximum absolute atomic E-state index is 13.1. The first kappa shape index (κ1) is 11.7. The van der Waals surface area contributed by atoms with Gasteiger partial charge in [0.2, 0.25) is 0 Å². The number of amides is 1. The van der Waals surface area contributed by atoms with Crippen LogP contribution in [0.5, 0.6) is 0 Å². The van der Waals surface area contributed by atoms with E-state index in [0.717, 1.165) is 22.5 Å². The fraction of sp³-hybridized carbons (Fsp3) is 0.133. The fourth-order valence-electron chi connectivity index (χ4n) is 2.35. The number of nitrogens with one attached hydrogen (secondary N) is 2. The number of hydrogen-bond acceptors (Lipinski definition) is 1. The molecule has 0 atom stereocenters.